The van der Waals surface area contributed by atoms with Crippen LogP contribution in [0.5, 0.6) is 0 Å². The number of carbonyl (C=O) groups is 1. The summed E-state index contributed by atoms with van der Waals surface area (Å²) >= 11 is 1.25. The number of amides is 1. The Bertz CT molecular complexity index is 864. The lowest BCUT2D eigenvalue weighted by Crippen LogP contribution is -2.17. The van der Waals surface area contributed by atoms with Gasteiger partial charge in [0.25, 0.3) is 5.56 Å². The largest absolute Gasteiger partial charge is 0.300 e. The van der Waals surface area contributed by atoms with E-state index in [4.69, 9.17) is 0 Å². The van der Waals surface area contributed by atoms with Crippen LogP contribution < -0.4 is 10.9 Å². The molecule has 0 radical (unpaired) electrons. The van der Waals surface area contributed by atoms with E-state index in [1.165, 1.54) is 17.4 Å². The molecule has 1 amide bonds. The van der Waals surface area contributed by atoms with Crippen LogP contribution in [0.4, 0.5) is 5.13 Å². The van der Waals surface area contributed by atoms with Crippen molar-refractivity contribution in [2.75, 3.05) is 5.32 Å². The number of aryl methyl sites for hydroxylation is 2. The fraction of sp³-hybridized carbons (Fsp3) is 0.250. The number of hydrogen-bond donors (Lipinski definition) is 2. The summed E-state index contributed by atoms with van der Waals surface area (Å²) in [6, 6.07) is 1.42. The van der Waals surface area contributed by atoms with Crippen molar-refractivity contribution < 1.29 is 4.79 Å². The number of nitrogens with zero attached hydrogens (tertiary/aromatic N) is 4. The van der Waals surface area contributed by atoms with Crippen LogP contribution in [0.3, 0.4) is 0 Å². The van der Waals surface area contributed by atoms with Crippen LogP contribution in [-0.2, 0) is 11.2 Å². The number of nitrogens with one attached hydrogen (secondary N) is 2. The lowest BCUT2D eigenvalue weighted by atomic mass is 10.1. The molecule has 3 heterocycles. The fourth-order valence-electron chi connectivity index (χ4n) is 2.16. The first-order valence-electron chi connectivity index (χ1n) is 6.18. The van der Waals surface area contributed by atoms with Crippen LogP contribution in [0.25, 0.3) is 5.65 Å². The predicted octanol–water partition coefficient (Wildman–Crippen LogP) is 0.672. The molecular weight excluding hydrogens is 292 g/mol. The summed E-state index contributed by atoms with van der Waals surface area (Å²) in [7, 11) is 0. The van der Waals surface area contributed by atoms with Crippen LogP contribution in [0.15, 0.2) is 16.4 Å². The summed E-state index contributed by atoms with van der Waals surface area (Å²) in [6.07, 6.45) is 0.153. The molecule has 0 saturated carbocycles. The summed E-state index contributed by atoms with van der Waals surface area (Å²) in [5.74, 6) is -0.200. The van der Waals surface area contributed by atoms with E-state index in [1.807, 2.05) is 13.8 Å². The van der Waals surface area contributed by atoms with Crippen LogP contribution >= 0.6 is 11.3 Å². The summed E-state index contributed by atoms with van der Waals surface area (Å²) in [4.78, 5) is 27.8. The maximum Gasteiger partial charge on any atom is 0.266 e. The zero-order chi connectivity index (χ0) is 15.0. The van der Waals surface area contributed by atoms with E-state index in [2.05, 4.69) is 25.6 Å². The van der Waals surface area contributed by atoms with Gasteiger partial charge in [0.15, 0.2) is 5.65 Å². The highest BCUT2D eigenvalue weighted by atomic mass is 32.1. The van der Waals surface area contributed by atoms with Crippen molar-refractivity contribution in [1.29, 1.82) is 0 Å². The maximum absolute atomic E-state index is 12.0. The van der Waals surface area contributed by atoms with Gasteiger partial charge in [-0.2, -0.15) is 0 Å². The van der Waals surface area contributed by atoms with Crippen molar-refractivity contribution in [3.8, 4) is 0 Å². The number of rotatable bonds is 3. The molecule has 0 saturated heterocycles. The molecule has 21 heavy (non-hydrogen) atoms. The van der Waals surface area contributed by atoms with Gasteiger partial charge in [-0.1, -0.05) is 11.3 Å². The molecule has 8 nitrogen and oxygen atoms in total. The minimum atomic E-state index is -0.222. The number of H-pyrrole nitrogens is 1. The second-order valence-electron chi connectivity index (χ2n) is 4.54. The molecule has 3 aromatic rings. The van der Waals surface area contributed by atoms with Crippen LogP contribution in [0, 0.1) is 13.8 Å². The number of aromatic amines is 1. The third-order valence-electron chi connectivity index (χ3n) is 3.15. The van der Waals surface area contributed by atoms with Gasteiger partial charge < -0.3 is 5.32 Å². The Kier molecular flexibility index (Phi) is 3.26. The first-order valence-corrected chi connectivity index (χ1v) is 7.06. The van der Waals surface area contributed by atoms with Crippen molar-refractivity contribution in [2.45, 2.75) is 20.3 Å². The molecule has 0 spiro atoms. The first kappa shape index (κ1) is 13.4. The number of carbonyl (C=O) groups excluding carboxylic acids is 1. The van der Waals surface area contributed by atoms with Gasteiger partial charge in [0.05, 0.1) is 6.42 Å². The van der Waals surface area contributed by atoms with E-state index < -0.39 is 0 Å². The molecule has 9 heteroatoms. The first-order chi connectivity index (χ1) is 10.0. The molecule has 0 aliphatic carbocycles. The zero-order valence-electron chi connectivity index (χ0n) is 11.4. The topological polar surface area (TPSA) is 105 Å². The summed E-state index contributed by atoms with van der Waals surface area (Å²) in [6.45, 7) is 3.66. The average molecular weight is 304 g/mol. The minimum absolute atomic E-state index is 0.153. The molecule has 0 atom stereocenters. The quantitative estimate of drug-likeness (QED) is 0.740. The Morgan fingerprint density at radius 2 is 2.29 bits per heavy atom. The van der Waals surface area contributed by atoms with E-state index >= 15 is 0 Å². The number of fused-ring (bicyclic) bond motifs is 1. The average Bonchev–Trinajstić information content (AvgIpc) is 3.04. The molecule has 3 aromatic heterocycles. The zero-order valence-corrected chi connectivity index (χ0v) is 12.2. The minimum Gasteiger partial charge on any atom is -0.300 e. The summed E-state index contributed by atoms with van der Waals surface area (Å²) in [5, 5.41) is 13.2. The number of aromatic nitrogens is 5. The van der Waals surface area contributed by atoms with Gasteiger partial charge in [-0.3, -0.25) is 14.7 Å². The predicted molar refractivity (Wildman–Crippen MR) is 77.5 cm³/mol. The third-order valence-corrected chi connectivity index (χ3v) is 3.75. The van der Waals surface area contributed by atoms with E-state index in [9.17, 15) is 9.59 Å². The van der Waals surface area contributed by atoms with Crippen molar-refractivity contribution in [1.82, 2.24) is 24.8 Å². The monoisotopic (exact) mass is 304 g/mol. The normalized spacial score (nSPS) is 11.0. The van der Waals surface area contributed by atoms with Gasteiger partial charge in [0.2, 0.25) is 11.0 Å². The Balaban J connectivity index is 1.92. The molecule has 2 N–H and O–H groups in total. The standard InChI is InChI=1S/C12H12N6O2S/c1-6-8(3-10(19)15-12-16-13-5-21-12)7(2)18-9(14-6)4-11(20)17-18/h4-5H,3H2,1-2H3,(H,17,20)(H,15,16,19). The molecular formula is C12H12N6O2S. The molecule has 0 aromatic carbocycles. The number of anilines is 1. The smallest absolute Gasteiger partial charge is 0.266 e. The lowest BCUT2D eigenvalue weighted by molar-refractivity contribution is -0.115. The SMILES string of the molecule is Cc1nc2cc(=O)[nH]n2c(C)c1CC(=O)Nc1nncs1. The maximum atomic E-state index is 12.0. The number of hydrogen-bond acceptors (Lipinski definition) is 6. The molecule has 0 aliphatic heterocycles. The highest BCUT2D eigenvalue weighted by molar-refractivity contribution is 7.13. The Labute approximate surface area is 122 Å². The lowest BCUT2D eigenvalue weighted by Gasteiger charge is -2.10. The molecule has 0 unspecified atom stereocenters. The van der Waals surface area contributed by atoms with Gasteiger partial charge in [-0.25, -0.2) is 9.50 Å². The van der Waals surface area contributed by atoms with Crippen LogP contribution in [0.2, 0.25) is 0 Å². The van der Waals surface area contributed by atoms with Crippen LogP contribution in [0.1, 0.15) is 17.0 Å². The fourth-order valence-corrected chi connectivity index (χ4v) is 2.62. The van der Waals surface area contributed by atoms with E-state index in [1.54, 1.807) is 10.0 Å². The van der Waals surface area contributed by atoms with E-state index in [-0.39, 0.29) is 17.9 Å². The Hall–Kier alpha value is -2.55. The van der Waals surface area contributed by atoms with Gasteiger partial charge >= 0.3 is 0 Å². The highest BCUT2D eigenvalue weighted by Crippen LogP contribution is 2.15. The molecule has 0 bridgehead atoms. The van der Waals surface area contributed by atoms with E-state index in [0.717, 1.165) is 17.0 Å². The molecule has 108 valence electrons. The second-order valence-corrected chi connectivity index (χ2v) is 5.38. The molecule has 0 fully saturated rings. The van der Waals surface area contributed by atoms with Gasteiger partial charge in [0, 0.05) is 23.0 Å². The molecule has 0 aliphatic rings. The van der Waals surface area contributed by atoms with Gasteiger partial charge in [-0.15, -0.1) is 10.2 Å². The van der Waals surface area contributed by atoms with Crippen molar-refractivity contribution in [3.05, 3.63) is 38.9 Å². The van der Waals surface area contributed by atoms with Gasteiger partial charge in [0.1, 0.15) is 5.51 Å². The second kappa shape index (κ2) is 5.09. The summed E-state index contributed by atoms with van der Waals surface area (Å²) in [5.41, 5.74) is 4.15. The van der Waals surface area contributed by atoms with Crippen molar-refractivity contribution in [2.24, 2.45) is 0 Å². The van der Waals surface area contributed by atoms with Gasteiger partial charge in [-0.05, 0) is 13.8 Å². The summed E-state index contributed by atoms with van der Waals surface area (Å²) < 4.78 is 1.59. The molecule has 3 rings (SSSR count). The highest BCUT2D eigenvalue weighted by Gasteiger charge is 2.14. The van der Waals surface area contributed by atoms with Crippen molar-refractivity contribution >= 4 is 28.0 Å². The Morgan fingerprint density at radius 1 is 1.48 bits per heavy atom. The third kappa shape index (κ3) is 2.55. The van der Waals surface area contributed by atoms with Crippen LogP contribution in [-0.4, -0.2) is 30.7 Å². The Morgan fingerprint density at radius 3 is 3.00 bits per heavy atom. The van der Waals surface area contributed by atoms with Crippen molar-refractivity contribution in [3.63, 3.8) is 0 Å². The van der Waals surface area contributed by atoms with E-state index in [0.29, 0.717) is 10.8 Å².